The number of benzene rings is 1. The topological polar surface area (TPSA) is 117 Å². The van der Waals surface area contributed by atoms with Crippen LogP contribution in [0.5, 0.6) is 5.75 Å². The molecular weight excluding hydrogens is 509 g/mol. The van der Waals surface area contributed by atoms with Crippen LogP contribution in [0.1, 0.15) is 15.9 Å². The van der Waals surface area contributed by atoms with E-state index in [1.807, 2.05) is 0 Å². The number of methoxy groups -OCH3 is 1. The minimum absolute atomic E-state index is 0.0124. The second-order valence-electron chi connectivity index (χ2n) is 7.82. The number of carbonyl (C=O) groups excluding carboxylic acids is 1. The van der Waals surface area contributed by atoms with Crippen molar-refractivity contribution in [3.8, 4) is 10.8 Å². The number of ketones is 1. The Kier molecular flexibility index (Phi) is 6.22. The van der Waals surface area contributed by atoms with Crippen molar-refractivity contribution >= 4 is 44.3 Å². The number of aromatic nitrogens is 5. The summed E-state index contributed by atoms with van der Waals surface area (Å²) in [5.41, 5.74) is -0.729. The van der Waals surface area contributed by atoms with Crippen molar-refractivity contribution in [3.05, 3.63) is 68.4 Å². The molecule has 0 saturated carbocycles. The number of Topliss-reactive ketones (excluding diaryl/α,β-unsaturated/α-hetero) is 1. The van der Waals surface area contributed by atoms with Crippen LogP contribution in [0.25, 0.3) is 15.2 Å². The normalized spacial score (nSPS) is 13.3. The number of halogens is 1. The lowest BCUT2D eigenvalue weighted by Gasteiger charge is -2.21. The van der Waals surface area contributed by atoms with Crippen molar-refractivity contribution < 1.29 is 13.9 Å². The second kappa shape index (κ2) is 9.35. The minimum Gasteiger partial charge on any atom is -0.496 e. The smallest absolute Gasteiger partial charge is 0.352 e. The highest BCUT2D eigenvalue weighted by molar-refractivity contribution is 8.14. The summed E-state index contributed by atoms with van der Waals surface area (Å²) in [5, 5.41) is 11.0. The van der Waals surface area contributed by atoms with Crippen molar-refractivity contribution in [1.82, 2.24) is 24.2 Å². The van der Waals surface area contributed by atoms with Crippen LogP contribution in [0.4, 0.5) is 4.39 Å². The highest BCUT2D eigenvalue weighted by Crippen LogP contribution is 2.31. The van der Waals surface area contributed by atoms with Crippen LogP contribution in [0.3, 0.4) is 0 Å². The number of aryl methyl sites for hydroxylation is 1. The molecule has 0 saturated heterocycles. The highest BCUT2D eigenvalue weighted by atomic mass is 32.2. The number of rotatable bonds is 6. The highest BCUT2D eigenvalue weighted by Gasteiger charge is 2.27. The first-order valence-corrected chi connectivity index (χ1v) is 12.6. The lowest BCUT2D eigenvalue weighted by Crippen LogP contribution is -2.52. The molecule has 5 rings (SSSR count). The van der Waals surface area contributed by atoms with E-state index < -0.39 is 29.4 Å². The number of aliphatic imine (C=N–C) groups is 1. The molecule has 0 fully saturated rings. The maximum atomic E-state index is 14.0. The standard InChI is InChI=1S/C22H20FN7O4S2/c1-12-17-18(32)29(27(2)21-24-8-9-35-21)22(33)28(20(17)36-19(12)30-25-6-7-26-30)11-15(31)14-10-13(23)4-5-16(14)34-3/h4-7,10H,8-9,11H2,1-3H3. The van der Waals surface area contributed by atoms with Crippen molar-refractivity contribution in [1.29, 1.82) is 0 Å². The van der Waals surface area contributed by atoms with Gasteiger partial charge in [-0.1, -0.05) is 23.1 Å². The van der Waals surface area contributed by atoms with Crippen LogP contribution >= 0.6 is 23.1 Å². The second-order valence-corrected chi connectivity index (χ2v) is 9.86. The van der Waals surface area contributed by atoms with Gasteiger partial charge in [0.05, 0.1) is 43.5 Å². The average Bonchev–Trinajstić information content (AvgIpc) is 3.63. The van der Waals surface area contributed by atoms with Gasteiger partial charge in [0.2, 0.25) is 0 Å². The van der Waals surface area contributed by atoms with Crippen LogP contribution < -0.4 is 21.0 Å². The Balaban J connectivity index is 1.75. The average molecular weight is 530 g/mol. The maximum Gasteiger partial charge on any atom is 0.352 e. The number of fused-ring (bicyclic) bond motifs is 1. The van der Waals surface area contributed by atoms with Gasteiger partial charge >= 0.3 is 5.69 Å². The van der Waals surface area contributed by atoms with Gasteiger partial charge < -0.3 is 4.74 Å². The minimum atomic E-state index is -0.727. The summed E-state index contributed by atoms with van der Waals surface area (Å²) in [5.74, 6) is -0.261. The van der Waals surface area contributed by atoms with Gasteiger partial charge in [-0.15, -0.1) is 4.80 Å². The summed E-state index contributed by atoms with van der Waals surface area (Å²) in [6.07, 6.45) is 3.00. The first-order valence-electron chi connectivity index (χ1n) is 10.8. The summed E-state index contributed by atoms with van der Waals surface area (Å²) in [4.78, 5) is 46.7. The zero-order valence-corrected chi connectivity index (χ0v) is 21.1. The van der Waals surface area contributed by atoms with E-state index in [2.05, 4.69) is 15.2 Å². The predicted molar refractivity (Wildman–Crippen MR) is 136 cm³/mol. The molecule has 0 atom stereocenters. The molecule has 0 aliphatic carbocycles. The molecule has 0 bridgehead atoms. The van der Waals surface area contributed by atoms with Gasteiger partial charge in [-0.05, 0) is 25.1 Å². The van der Waals surface area contributed by atoms with Crippen molar-refractivity contribution in [3.63, 3.8) is 0 Å². The van der Waals surface area contributed by atoms with E-state index in [1.54, 1.807) is 14.0 Å². The van der Waals surface area contributed by atoms with E-state index in [-0.39, 0.29) is 21.5 Å². The van der Waals surface area contributed by atoms with E-state index in [1.165, 1.54) is 57.8 Å². The number of carbonyl (C=O) groups is 1. The molecule has 4 aromatic rings. The first kappa shape index (κ1) is 23.9. The van der Waals surface area contributed by atoms with Gasteiger partial charge in [0.1, 0.15) is 21.4 Å². The number of thioether (sulfide) groups is 1. The molecule has 14 heteroatoms. The van der Waals surface area contributed by atoms with E-state index >= 15 is 0 Å². The van der Waals surface area contributed by atoms with E-state index in [9.17, 15) is 18.8 Å². The lowest BCUT2D eigenvalue weighted by molar-refractivity contribution is 0.0968. The Morgan fingerprint density at radius 1 is 1.25 bits per heavy atom. The Hall–Kier alpha value is -3.78. The van der Waals surface area contributed by atoms with Gasteiger partial charge in [0, 0.05) is 18.4 Å². The summed E-state index contributed by atoms with van der Waals surface area (Å²) in [6, 6.07) is 3.59. The number of hydrogen-bond acceptors (Lipinski definition) is 10. The van der Waals surface area contributed by atoms with E-state index in [0.29, 0.717) is 22.3 Å². The lowest BCUT2D eigenvalue weighted by atomic mass is 10.1. The number of hydrogen-bond donors (Lipinski definition) is 0. The van der Waals surface area contributed by atoms with Gasteiger partial charge in [0.25, 0.3) is 5.56 Å². The molecule has 3 aromatic heterocycles. The van der Waals surface area contributed by atoms with Crippen LogP contribution in [0.2, 0.25) is 0 Å². The molecule has 186 valence electrons. The number of thiophene rings is 1. The van der Waals surface area contributed by atoms with Crippen LogP contribution in [-0.2, 0) is 6.54 Å². The quantitative estimate of drug-likeness (QED) is 0.347. The SMILES string of the molecule is COc1ccc(F)cc1C(=O)Cn1c(=O)n(N(C)C2=NCCS2)c(=O)c2c(C)c(-n3nccn3)sc21. The zero-order valence-electron chi connectivity index (χ0n) is 19.5. The largest absolute Gasteiger partial charge is 0.496 e. The van der Waals surface area contributed by atoms with Gasteiger partial charge in [-0.25, -0.2) is 9.18 Å². The van der Waals surface area contributed by atoms with Crippen LogP contribution in [0.15, 0.2) is 45.2 Å². The van der Waals surface area contributed by atoms with Gasteiger partial charge in [-0.2, -0.15) is 14.9 Å². The molecular formula is C22H20FN7O4S2. The predicted octanol–water partition coefficient (Wildman–Crippen LogP) is 1.82. The van der Waals surface area contributed by atoms with Gasteiger partial charge in [-0.3, -0.25) is 24.2 Å². The molecule has 36 heavy (non-hydrogen) atoms. The third-order valence-electron chi connectivity index (χ3n) is 5.68. The van der Waals surface area contributed by atoms with Crippen molar-refractivity contribution in [2.24, 2.45) is 4.99 Å². The third-order valence-corrected chi connectivity index (χ3v) is 8.00. The molecule has 1 aliphatic heterocycles. The number of nitrogens with zero attached hydrogens (tertiary/aromatic N) is 7. The van der Waals surface area contributed by atoms with E-state index in [4.69, 9.17) is 4.74 Å². The molecule has 1 aliphatic rings. The van der Waals surface area contributed by atoms with Crippen molar-refractivity contribution in [2.45, 2.75) is 13.5 Å². The third kappa shape index (κ3) is 3.91. The number of ether oxygens (including phenoxy) is 1. The fourth-order valence-electron chi connectivity index (χ4n) is 3.97. The maximum absolute atomic E-state index is 14.0. The Morgan fingerprint density at radius 2 is 2.00 bits per heavy atom. The summed E-state index contributed by atoms with van der Waals surface area (Å²) in [6.45, 7) is 1.85. The summed E-state index contributed by atoms with van der Waals surface area (Å²) >= 11 is 2.54. The number of amidine groups is 1. The molecule has 0 radical (unpaired) electrons. The monoisotopic (exact) mass is 529 g/mol. The van der Waals surface area contributed by atoms with Gasteiger partial charge in [0.15, 0.2) is 11.0 Å². The fraction of sp³-hybridized carbons (Fsp3) is 0.273. The summed E-state index contributed by atoms with van der Waals surface area (Å²) in [7, 11) is 2.95. The Labute approximate surface area is 211 Å². The first-order chi connectivity index (χ1) is 17.3. The van der Waals surface area contributed by atoms with Crippen LogP contribution in [0, 0.1) is 12.7 Å². The Morgan fingerprint density at radius 3 is 2.67 bits per heavy atom. The van der Waals surface area contributed by atoms with Crippen LogP contribution in [-0.4, -0.2) is 61.6 Å². The molecule has 11 nitrogen and oxygen atoms in total. The zero-order chi connectivity index (χ0) is 25.6. The molecule has 4 heterocycles. The molecule has 0 unspecified atom stereocenters. The van der Waals surface area contributed by atoms with E-state index in [0.717, 1.165) is 27.8 Å². The van der Waals surface area contributed by atoms with Crippen molar-refractivity contribution in [2.75, 3.05) is 31.5 Å². The Bertz CT molecular complexity index is 1640. The molecule has 0 N–H and O–H groups in total. The fourth-order valence-corrected chi connectivity index (χ4v) is 6.00. The molecule has 1 aromatic carbocycles. The molecule has 0 spiro atoms. The summed E-state index contributed by atoms with van der Waals surface area (Å²) < 4.78 is 21.4. The molecule has 0 amide bonds.